The number of fused-ring (bicyclic) bond motifs is 10. The van der Waals surface area contributed by atoms with E-state index in [1.807, 2.05) is 0 Å². The Kier molecular flexibility index (Phi) is 5.61. The summed E-state index contributed by atoms with van der Waals surface area (Å²) in [7, 11) is -1.99. The van der Waals surface area contributed by atoms with E-state index in [1.54, 1.807) is 5.19 Å². The first-order valence-corrected chi connectivity index (χ1v) is 20.5. The Labute approximate surface area is 292 Å². The highest BCUT2D eigenvalue weighted by Gasteiger charge is 2.40. The molecule has 1 nitrogen and oxygen atoms in total. The molecule has 50 heavy (non-hydrogen) atoms. The van der Waals surface area contributed by atoms with E-state index in [9.17, 15) is 0 Å². The molecule has 0 unspecified atom stereocenters. The van der Waals surface area contributed by atoms with Gasteiger partial charge < -0.3 is 4.74 Å². The van der Waals surface area contributed by atoms with Crippen LogP contribution in [0.15, 0.2) is 158 Å². The highest BCUT2D eigenvalue weighted by Crippen LogP contribution is 2.51. The summed E-state index contributed by atoms with van der Waals surface area (Å²) < 4.78 is 6.80. The molecule has 0 fully saturated rings. The first kappa shape index (κ1) is 27.9. The van der Waals surface area contributed by atoms with E-state index in [2.05, 4.69) is 171 Å². The SMILES string of the molecule is C[Si]1(C)c2ccc3ccccc3c2-c2c1cc(-c1ccc3c4c(cccc14)Oc1cc(-c4cccc5ccccc45)ccc1-3)c1ccccc21. The predicted octanol–water partition coefficient (Wildman–Crippen LogP) is 12.2. The Hall–Kier alpha value is -5.96. The third-order valence-corrected chi connectivity index (χ3v) is 15.0. The van der Waals surface area contributed by atoms with Gasteiger partial charge in [0, 0.05) is 10.9 Å². The number of hydrogen-bond donors (Lipinski definition) is 0. The second-order valence-electron chi connectivity index (χ2n) is 14.4. The summed E-state index contributed by atoms with van der Waals surface area (Å²) in [5.41, 5.74) is 10.2. The van der Waals surface area contributed by atoms with Crippen molar-refractivity contribution in [3.05, 3.63) is 158 Å². The number of hydrogen-bond acceptors (Lipinski definition) is 1. The number of benzene rings is 9. The van der Waals surface area contributed by atoms with Crippen LogP contribution in [0.4, 0.5) is 0 Å². The molecule has 2 heterocycles. The van der Waals surface area contributed by atoms with E-state index < -0.39 is 8.07 Å². The van der Waals surface area contributed by atoms with Crippen molar-refractivity contribution in [3.63, 3.8) is 0 Å². The fourth-order valence-corrected chi connectivity index (χ4v) is 12.1. The van der Waals surface area contributed by atoms with Crippen molar-refractivity contribution in [1.29, 1.82) is 0 Å². The van der Waals surface area contributed by atoms with E-state index in [1.165, 1.54) is 81.7 Å². The summed E-state index contributed by atoms with van der Waals surface area (Å²) >= 11 is 0. The van der Waals surface area contributed by atoms with Crippen LogP contribution in [0, 0.1) is 0 Å². The van der Waals surface area contributed by atoms with Gasteiger partial charge in [0.15, 0.2) is 0 Å². The summed E-state index contributed by atoms with van der Waals surface area (Å²) in [5, 5.41) is 13.3. The van der Waals surface area contributed by atoms with Crippen LogP contribution in [-0.2, 0) is 0 Å². The molecule has 11 rings (SSSR count). The van der Waals surface area contributed by atoms with Crippen molar-refractivity contribution in [1.82, 2.24) is 0 Å². The van der Waals surface area contributed by atoms with Gasteiger partial charge >= 0.3 is 0 Å². The van der Waals surface area contributed by atoms with Crippen LogP contribution in [0.5, 0.6) is 11.5 Å². The second-order valence-corrected chi connectivity index (χ2v) is 18.7. The zero-order chi connectivity index (χ0) is 33.1. The lowest BCUT2D eigenvalue weighted by Crippen LogP contribution is -2.49. The summed E-state index contributed by atoms with van der Waals surface area (Å²) in [5.74, 6) is 1.82. The molecule has 2 aliphatic rings. The van der Waals surface area contributed by atoms with Crippen LogP contribution in [0.3, 0.4) is 0 Å². The number of ether oxygens (including phenoxy) is 1. The Morgan fingerprint density at radius 2 is 1.02 bits per heavy atom. The minimum atomic E-state index is -1.99. The molecule has 2 aliphatic heterocycles. The molecule has 0 bridgehead atoms. The summed E-state index contributed by atoms with van der Waals surface area (Å²) in [4.78, 5) is 0. The van der Waals surface area contributed by atoms with Gasteiger partial charge in [-0.25, -0.2) is 0 Å². The molecule has 0 spiro atoms. The first-order valence-electron chi connectivity index (χ1n) is 17.5. The monoisotopic (exact) mass is 652 g/mol. The van der Waals surface area contributed by atoms with E-state index >= 15 is 0 Å². The minimum Gasteiger partial charge on any atom is -0.456 e. The molecular weight excluding hydrogens is 621 g/mol. The lowest BCUT2D eigenvalue weighted by Gasteiger charge is -2.24. The van der Waals surface area contributed by atoms with Crippen LogP contribution < -0.4 is 15.1 Å². The van der Waals surface area contributed by atoms with Gasteiger partial charge in [0.1, 0.15) is 19.6 Å². The molecule has 2 heteroatoms. The van der Waals surface area contributed by atoms with Gasteiger partial charge in [-0.2, -0.15) is 0 Å². The zero-order valence-electron chi connectivity index (χ0n) is 27.9. The lowest BCUT2D eigenvalue weighted by molar-refractivity contribution is 0.487. The topological polar surface area (TPSA) is 9.23 Å². The Morgan fingerprint density at radius 3 is 1.88 bits per heavy atom. The second kappa shape index (κ2) is 10.0. The molecule has 9 aromatic rings. The van der Waals surface area contributed by atoms with Gasteiger partial charge in [-0.1, -0.05) is 153 Å². The van der Waals surface area contributed by atoms with Crippen LogP contribution >= 0.6 is 0 Å². The normalized spacial score (nSPS) is 13.7. The van der Waals surface area contributed by atoms with E-state index in [0.717, 1.165) is 22.6 Å². The predicted molar refractivity (Wildman–Crippen MR) is 215 cm³/mol. The maximum absolute atomic E-state index is 6.80. The van der Waals surface area contributed by atoms with Crippen molar-refractivity contribution in [2.24, 2.45) is 0 Å². The largest absolute Gasteiger partial charge is 0.456 e. The van der Waals surface area contributed by atoms with Crippen LogP contribution in [0.25, 0.3) is 87.6 Å². The van der Waals surface area contributed by atoms with Crippen molar-refractivity contribution < 1.29 is 4.74 Å². The van der Waals surface area contributed by atoms with Gasteiger partial charge in [0.25, 0.3) is 0 Å². The maximum Gasteiger partial charge on any atom is 0.135 e. The summed E-state index contributed by atoms with van der Waals surface area (Å²) in [6, 6.07) is 58.3. The van der Waals surface area contributed by atoms with Gasteiger partial charge in [-0.15, -0.1) is 0 Å². The molecule has 0 N–H and O–H groups in total. The molecule has 0 amide bonds. The highest BCUT2D eigenvalue weighted by molar-refractivity contribution is 7.04. The zero-order valence-corrected chi connectivity index (χ0v) is 28.9. The van der Waals surface area contributed by atoms with Crippen molar-refractivity contribution >= 4 is 61.5 Å². The van der Waals surface area contributed by atoms with Crippen LogP contribution in [0.2, 0.25) is 13.1 Å². The van der Waals surface area contributed by atoms with Crippen LogP contribution in [0.1, 0.15) is 0 Å². The molecule has 9 aromatic carbocycles. The van der Waals surface area contributed by atoms with Gasteiger partial charge in [-0.05, 0) is 105 Å². The highest BCUT2D eigenvalue weighted by atomic mass is 28.3. The van der Waals surface area contributed by atoms with Crippen LogP contribution in [-0.4, -0.2) is 8.07 Å². The Morgan fingerprint density at radius 1 is 0.380 bits per heavy atom. The molecule has 234 valence electrons. The Balaban J connectivity index is 1.12. The quantitative estimate of drug-likeness (QED) is 0.169. The average Bonchev–Trinajstić information content (AvgIpc) is 3.40. The summed E-state index contributed by atoms with van der Waals surface area (Å²) in [6.07, 6.45) is 0. The third-order valence-electron chi connectivity index (χ3n) is 11.5. The minimum absolute atomic E-state index is 0.906. The van der Waals surface area contributed by atoms with Gasteiger partial charge in [0.2, 0.25) is 0 Å². The van der Waals surface area contributed by atoms with Crippen molar-refractivity contribution in [2.75, 3.05) is 0 Å². The molecule has 0 aliphatic carbocycles. The molecule has 0 saturated carbocycles. The molecular formula is C48H32OSi. The summed E-state index contributed by atoms with van der Waals surface area (Å²) in [6.45, 7) is 5.06. The molecule has 0 aromatic heterocycles. The fraction of sp³-hybridized carbons (Fsp3) is 0.0417. The molecule has 0 atom stereocenters. The third kappa shape index (κ3) is 3.72. The fourth-order valence-electron chi connectivity index (χ4n) is 9.08. The maximum atomic E-state index is 6.80. The van der Waals surface area contributed by atoms with E-state index in [-0.39, 0.29) is 0 Å². The average molecular weight is 653 g/mol. The van der Waals surface area contributed by atoms with E-state index in [4.69, 9.17) is 4.74 Å². The Bertz CT molecular complexity index is 2930. The van der Waals surface area contributed by atoms with Crippen molar-refractivity contribution in [3.8, 4) is 56.0 Å². The van der Waals surface area contributed by atoms with E-state index in [0.29, 0.717) is 0 Å². The van der Waals surface area contributed by atoms with Crippen molar-refractivity contribution in [2.45, 2.75) is 13.1 Å². The number of rotatable bonds is 2. The molecule has 0 saturated heterocycles. The lowest BCUT2D eigenvalue weighted by atomic mass is 9.86. The van der Waals surface area contributed by atoms with Gasteiger partial charge in [-0.3, -0.25) is 0 Å². The molecule has 0 radical (unpaired) electrons. The first-order chi connectivity index (χ1) is 24.6. The smallest absolute Gasteiger partial charge is 0.135 e. The van der Waals surface area contributed by atoms with Gasteiger partial charge in [0.05, 0.1) is 0 Å². The standard InChI is InChI=1S/C48H32OSi/c1-50(2)44-26-22-30-12-4-6-15-34(30)47(44)48-39-17-8-7-16-35(39)41(28-45(48)50)36-24-25-40-37-23-21-31(33-18-9-13-29-11-3-5-14-32(29)33)27-43(37)49-42-20-10-19-38(36)46(40)42/h3-28H,1-2H3.